The first-order valence-corrected chi connectivity index (χ1v) is 7.62. The van der Waals surface area contributed by atoms with Crippen molar-refractivity contribution in [3.8, 4) is 0 Å². The SMILES string of the molecule is CO[Si](CC(C)(C)C)(OC)c1ccccc1. The van der Waals surface area contributed by atoms with E-state index in [0.29, 0.717) is 0 Å². The van der Waals surface area contributed by atoms with Crippen LogP contribution in [0.5, 0.6) is 0 Å². The van der Waals surface area contributed by atoms with Gasteiger partial charge < -0.3 is 8.85 Å². The molecule has 0 aliphatic rings. The van der Waals surface area contributed by atoms with Crippen molar-refractivity contribution in [2.75, 3.05) is 14.2 Å². The van der Waals surface area contributed by atoms with Crippen molar-refractivity contribution in [3.05, 3.63) is 30.3 Å². The number of benzene rings is 1. The van der Waals surface area contributed by atoms with E-state index in [1.807, 2.05) is 18.2 Å². The molecule has 0 heterocycles. The normalized spacial score (nSPS) is 12.8. The predicted octanol–water partition coefficient (Wildman–Crippen LogP) is 2.67. The Labute approximate surface area is 99.8 Å². The molecule has 0 N–H and O–H groups in total. The van der Waals surface area contributed by atoms with Gasteiger partial charge in [-0.15, -0.1) is 0 Å². The third-order valence-corrected chi connectivity index (χ3v) is 6.69. The largest absolute Gasteiger partial charge is 0.394 e. The minimum atomic E-state index is -2.25. The fourth-order valence-electron chi connectivity index (χ4n) is 1.96. The van der Waals surface area contributed by atoms with Crippen molar-refractivity contribution < 1.29 is 8.85 Å². The first kappa shape index (κ1) is 13.4. The molecule has 1 rings (SSSR count). The van der Waals surface area contributed by atoms with E-state index < -0.39 is 8.56 Å². The maximum absolute atomic E-state index is 5.77. The molecule has 0 aliphatic heterocycles. The zero-order valence-corrected chi connectivity index (χ0v) is 11.9. The summed E-state index contributed by atoms with van der Waals surface area (Å²) in [4.78, 5) is 0. The van der Waals surface area contributed by atoms with Crippen molar-refractivity contribution in [1.29, 1.82) is 0 Å². The van der Waals surface area contributed by atoms with Gasteiger partial charge >= 0.3 is 8.56 Å². The topological polar surface area (TPSA) is 18.5 Å². The van der Waals surface area contributed by atoms with E-state index in [1.165, 1.54) is 5.19 Å². The lowest BCUT2D eigenvalue weighted by Gasteiger charge is -2.33. The molecule has 2 nitrogen and oxygen atoms in total. The molecule has 1 aromatic rings. The Balaban J connectivity index is 3.06. The van der Waals surface area contributed by atoms with Gasteiger partial charge in [0.05, 0.1) is 0 Å². The predicted molar refractivity (Wildman–Crippen MR) is 70.1 cm³/mol. The zero-order chi connectivity index (χ0) is 12.2. The Morgan fingerprint density at radius 2 is 1.50 bits per heavy atom. The molecule has 0 bridgehead atoms. The van der Waals surface area contributed by atoms with Crippen molar-refractivity contribution in [2.45, 2.75) is 26.8 Å². The summed E-state index contributed by atoms with van der Waals surface area (Å²) in [5, 5.41) is 1.20. The highest BCUT2D eigenvalue weighted by atomic mass is 28.4. The van der Waals surface area contributed by atoms with Crippen molar-refractivity contribution in [3.63, 3.8) is 0 Å². The van der Waals surface area contributed by atoms with Crippen LogP contribution < -0.4 is 5.19 Å². The van der Waals surface area contributed by atoms with Crippen LogP contribution in [-0.2, 0) is 8.85 Å². The number of hydrogen-bond donors (Lipinski definition) is 0. The van der Waals surface area contributed by atoms with E-state index in [-0.39, 0.29) is 5.41 Å². The summed E-state index contributed by atoms with van der Waals surface area (Å²) < 4.78 is 11.5. The molecule has 1 aromatic carbocycles. The fraction of sp³-hybridized carbons (Fsp3) is 0.538. The van der Waals surface area contributed by atoms with Crippen LogP contribution in [0.15, 0.2) is 30.3 Å². The summed E-state index contributed by atoms with van der Waals surface area (Å²) in [5.74, 6) is 0. The molecule has 0 saturated heterocycles. The van der Waals surface area contributed by atoms with Gasteiger partial charge in [0.25, 0.3) is 0 Å². The average Bonchev–Trinajstić information content (AvgIpc) is 2.26. The highest BCUT2D eigenvalue weighted by molar-refractivity contribution is 6.81. The Morgan fingerprint density at radius 3 is 1.88 bits per heavy atom. The van der Waals surface area contributed by atoms with Crippen LogP contribution in [0.1, 0.15) is 20.8 Å². The third-order valence-electron chi connectivity index (χ3n) is 2.64. The molecule has 0 fully saturated rings. The highest BCUT2D eigenvalue weighted by Crippen LogP contribution is 2.28. The summed E-state index contributed by atoms with van der Waals surface area (Å²) in [5.41, 5.74) is 0.202. The van der Waals surface area contributed by atoms with E-state index >= 15 is 0 Å². The van der Waals surface area contributed by atoms with Crippen LogP contribution in [0.2, 0.25) is 6.04 Å². The van der Waals surface area contributed by atoms with Crippen LogP contribution in [0, 0.1) is 5.41 Å². The van der Waals surface area contributed by atoms with Crippen molar-refractivity contribution in [2.24, 2.45) is 5.41 Å². The Morgan fingerprint density at radius 1 is 1.00 bits per heavy atom. The fourth-order valence-corrected chi connectivity index (χ4v) is 5.18. The Bertz CT molecular complexity index is 312. The minimum Gasteiger partial charge on any atom is -0.394 e. The second kappa shape index (κ2) is 5.12. The molecule has 0 unspecified atom stereocenters. The maximum atomic E-state index is 5.77. The third kappa shape index (κ3) is 3.17. The lowest BCUT2D eigenvalue weighted by molar-refractivity contribution is 0.239. The van der Waals surface area contributed by atoms with Gasteiger partial charge in [-0.1, -0.05) is 51.1 Å². The molecule has 0 radical (unpaired) electrons. The molecule has 90 valence electrons. The quantitative estimate of drug-likeness (QED) is 0.751. The molecular formula is C13H22O2Si. The molecule has 0 saturated carbocycles. The van der Waals surface area contributed by atoms with E-state index in [1.54, 1.807) is 14.2 Å². The van der Waals surface area contributed by atoms with E-state index in [2.05, 4.69) is 32.9 Å². The molecule has 0 spiro atoms. The van der Waals surface area contributed by atoms with Crippen LogP contribution in [0.25, 0.3) is 0 Å². The van der Waals surface area contributed by atoms with Gasteiger partial charge in [0, 0.05) is 20.3 Å². The van der Waals surface area contributed by atoms with Gasteiger partial charge in [0.15, 0.2) is 0 Å². The number of rotatable bonds is 4. The monoisotopic (exact) mass is 238 g/mol. The molecule has 16 heavy (non-hydrogen) atoms. The van der Waals surface area contributed by atoms with Gasteiger partial charge in [-0.25, -0.2) is 0 Å². The van der Waals surface area contributed by atoms with Gasteiger partial charge in [-0.3, -0.25) is 0 Å². The molecule has 0 aromatic heterocycles. The van der Waals surface area contributed by atoms with E-state index in [4.69, 9.17) is 8.85 Å². The summed E-state index contributed by atoms with van der Waals surface area (Å²) in [7, 11) is 1.26. The summed E-state index contributed by atoms with van der Waals surface area (Å²) >= 11 is 0. The number of hydrogen-bond acceptors (Lipinski definition) is 2. The van der Waals surface area contributed by atoms with Gasteiger partial charge in [-0.05, 0) is 10.6 Å². The summed E-state index contributed by atoms with van der Waals surface area (Å²) in [6, 6.07) is 11.3. The molecule has 0 amide bonds. The van der Waals surface area contributed by atoms with Gasteiger partial charge in [0.1, 0.15) is 0 Å². The Hall–Kier alpha value is -0.643. The lowest BCUT2D eigenvalue weighted by Crippen LogP contribution is -2.54. The van der Waals surface area contributed by atoms with Gasteiger partial charge in [-0.2, -0.15) is 0 Å². The Kier molecular flexibility index (Phi) is 4.30. The van der Waals surface area contributed by atoms with Crippen LogP contribution in [-0.4, -0.2) is 22.8 Å². The second-order valence-electron chi connectivity index (χ2n) is 5.26. The molecular weight excluding hydrogens is 216 g/mol. The first-order valence-electron chi connectivity index (χ1n) is 5.59. The van der Waals surface area contributed by atoms with E-state index in [0.717, 1.165) is 6.04 Å². The van der Waals surface area contributed by atoms with Crippen molar-refractivity contribution >= 4 is 13.7 Å². The summed E-state index contributed by atoms with van der Waals surface area (Å²) in [6.45, 7) is 6.65. The average molecular weight is 238 g/mol. The smallest absolute Gasteiger partial charge is 0.372 e. The van der Waals surface area contributed by atoms with Crippen LogP contribution in [0.4, 0.5) is 0 Å². The van der Waals surface area contributed by atoms with Crippen molar-refractivity contribution in [1.82, 2.24) is 0 Å². The maximum Gasteiger partial charge on any atom is 0.372 e. The molecule has 0 aliphatic carbocycles. The molecule has 3 heteroatoms. The second-order valence-corrected chi connectivity index (χ2v) is 8.52. The lowest BCUT2D eigenvalue weighted by atomic mass is 10.0. The van der Waals surface area contributed by atoms with Gasteiger partial charge in [0.2, 0.25) is 0 Å². The molecule has 0 atom stereocenters. The summed E-state index contributed by atoms with van der Waals surface area (Å²) in [6.07, 6.45) is 0. The highest BCUT2D eigenvalue weighted by Gasteiger charge is 2.41. The van der Waals surface area contributed by atoms with Crippen LogP contribution >= 0.6 is 0 Å². The van der Waals surface area contributed by atoms with E-state index in [9.17, 15) is 0 Å². The minimum absolute atomic E-state index is 0.202. The first-order chi connectivity index (χ1) is 7.43. The zero-order valence-electron chi connectivity index (χ0n) is 10.9. The standard InChI is InChI=1S/C13H22O2Si/c1-13(2,3)11-16(14-4,15-5)12-9-7-6-8-10-12/h6-10H,11H2,1-5H3. The van der Waals surface area contributed by atoms with Crippen LogP contribution in [0.3, 0.4) is 0 Å².